The van der Waals surface area contributed by atoms with Gasteiger partial charge in [0.2, 0.25) is 0 Å². The molecule has 0 bridgehead atoms. The fourth-order valence-corrected chi connectivity index (χ4v) is 2.21. The molecule has 2 rings (SSSR count). The van der Waals surface area contributed by atoms with E-state index in [-0.39, 0.29) is 12.1 Å². The second-order valence-electron chi connectivity index (χ2n) is 5.05. The van der Waals surface area contributed by atoms with Crippen molar-refractivity contribution in [2.24, 2.45) is 0 Å². The average molecular weight is 284 g/mol. The molecular weight excluding hydrogens is 264 g/mol. The van der Waals surface area contributed by atoms with Gasteiger partial charge in [0.15, 0.2) is 0 Å². The Hall–Kier alpha value is -2.21. The summed E-state index contributed by atoms with van der Waals surface area (Å²) in [5.74, 6) is 6.78. The van der Waals surface area contributed by atoms with Crippen LogP contribution >= 0.6 is 0 Å². The van der Waals surface area contributed by atoms with Crippen LogP contribution in [-0.2, 0) is 9.53 Å². The van der Waals surface area contributed by atoms with Gasteiger partial charge in [-0.05, 0) is 44.0 Å². The summed E-state index contributed by atoms with van der Waals surface area (Å²) in [6.45, 7) is 3.91. The minimum atomic E-state index is -0.241. The molecule has 0 aliphatic carbocycles. The lowest BCUT2D eigenvalue weighted by Gasteiger charge is -2.09. The summed E-state index contributed by atoms with van der Waals surface area (Å²) >= 11 is 0. The molecule has 1 aliphatic rings. The maximum atomic E-state index is 11.7. The van der Waals surface area contributed by atoms with Crippen molar-refractivity contribution < 1.29 is 14.3 Å². The molecule has 110 valence electrons. The molecule has 0 spiro atoms. The van der Waals surface area contributed by atoms with E-state index in [1.54, 1.807) is 14.0 Å². The van der Waals surface area contributed by atoms with Crippen LogP contribution in [0.5, 0.6) is 5.75 Å². The van der Waals surface area contributed by atoms with E-state index >= 15 is 0 Å². The molecule has 0 aromatic heterocycles. The van der Waals surface area contributed by atoms with Crippen LogP contribution in [0.15, 0.2) is 35.4 Å². The largest absolute Gasteiger partial charge is 0.497 e. The molecule has 3 nitrogen and oxygen atoms in total. The quantitative estimate of drug-likeness (QED) is 0.627. The molecule has 1 aromatic rings. The molecule has 1 heterocycles. The molecule has 0 amide bonds. The first-order chi connectivity index (χ1) is 10.2. The number of carbonyl (C=O) groups is 1. The third-order valence-corrected chi connectivity index (χ3v) is 3.53. The van der Waals surface area contributed by atoms with Crippen LogP contribution in [0.25, 0.3) is 0 Å². The molecule has 21 heavy (non-hydrogen) atoms. The SMILES string of the molecule is CCCCC1OC(=O)C(C)=C1C#Cc1ccc(OC)cc1. The standard InChI is InChI=1S/C18H20O3/c1-4-5-6-17-16(13(2)18(19)21-17)12-9-14-7-10-15(20-3)11-8-14/h7-8,10-11,17H,4-6H2,1-3H3. The van der Waals surface area contributed by atoms with Crippen molar-refractivity contribution in [1.82, 2.24) is 0 Å². The van der Waals surface area contributed by atoms with Gasteiger partial charge >= 0.3 is 5.97 Å². The number of hydrogen-bond acceptors (Lipinski definition) is 3. The first kappa shape index (κ1) is 15.2. The molecule has 1 atom stereocenters. The van der Waals surface area contributed by atoms with E-state index in [1.165, 1.54) is 0 Å². The molecule has 0 fully saturated rings. The van der Waals surface area contributed by atoms with Gasteiger partial charge in [0.25, 0.3) is 0 Å². The maximum Gasteiger partial charge on any atom is 0.335 e. The van der Waals surface area contributed by atoms with Gasteiger partial charge < -0.3 is 9.47 Å². The number of benzene rings is 1. The van der Waals surface area contributed by atoms with Gasteiger partial charge in [-0.15, -0.1) is 0 Å². The fraction of sp³-hybridized carbons (Fsp3) is 0.389. The van der Waals surface area contributed by atoms with Crippen LogP contribution in [0.2, 0.25) is 0 Å². The number of rotatable bonds is 4. The van der Waals surface area contributed by atoms with Crippen molar-refractivity contribution in [3.05, 3.63) is 41.0 Å². The average Bonchev–Trinajstić information content (AvgIpc) is 2.78. The van der Waals surface area contributed by atoms with E-state index in [4.69, 9.17) is 9.47 Å². The number of unbranched alkanes of at least 4 members (excludes halogenated alkanes) is 1. The van der Waals surface area contributed by atoms with Crippen molar-refractivity contribution in [2.45, 2.75) is 39.2 Å². The van der Waals surface area contributed by atoms with Crippen LogP contribution in [0.4, 0.5) is 0 Å². The number of esters is 1. The van der Waals surface area contributed by atoms with Gasteiger partial charge in [-0.2, -0.15) is 0 Å². The highest BCUT2D eigenvalue weighted by molar-refractivity contribution is 5.93. The van der Waals surface area contributed by atoms with Crippen LogP contribution in [0, 0.1) is 11.8 Å². The van der Waals surface area contributed by atoms with E-state index in [0.717, 1.165) is 36.1 Å². The molecule has 1 aliphatic heterocycles. The van der Waals surface area contributed by atoms with Gasteiger partial charge in [-0.3, -0.25) is 0 Å². The lowest BCUT2D eigenvalue weighted by molar-refractivity contribution is -0.139. The number of hydrogen-bond donors (Lipinski definition) is 0. The van der Waals surface area contributed by atoms with Crippen LogP contribution in [-0.4, -0.2) is 19.2 Å². The monoisotopic (exact) mass is 284 g/mol. The smallest absolute Gasteiger partial charge is 0.335 e. The van der Waals surface area contributed by atoms with Gasteiger partial charge in [0.1, 0.15) is 11.9 Å². The normalized spacial score (nSPS) is 17.3. The highest BCUT2D eigenvalue weighted by Crippen LogP contribution is 2.25. The first-order valence-corrected chi connectivity index (χ1v) is 7.23. The molecule has 0 saturated carbocycles. The van der Waals surface area contributed by atoms with Gasteiger partial charge in [-0.25, -0.2) is 4.79 Å². The summed E-state index contributed by atoms with van der Waals surface area (Å²) < 4.78 is 10.5. The molecule has 3 heteroatoms. The molecular formula is C18H20O3. The number of cyclic esters (lactones) is 1. The lowest BCUT2D eigenvalue weighted by Crippen LogP contribution is -2.10. The minimum absolute atomic E-state index is 0.178. The van der Waals surface area contributed by atoms with Gasteiger partial charge in [-0.1, -0.05) is 25.2 Å². The van der Waals surface area contributed by atoms with Crippen LogP contribution in [0.3, 0.4) is 0 Å². The zero-order valence-corrected chi connectivity index (χ0v) is 12.7. The van der Waals surface area contributed by atoms with E-state index in [9.17, 15) is 4.79 Å². The summed E-state index contributed by atoms with van der Waals surface area (Å²) in [5, 5.41) is 0. The Kier molecular flexibility index (Phi) is 5.05. The van der Waals surface area contributed by atoms with Crippen molar-refractivity contribution in [1.29, 1.82) is 0 Å². The Bertz CT molecular complexity index is 600. The van der Waals surface area contributed by atoms with E-state index in [0.29, 0.717) is 5.57 Å². The first-order valence-electron chi connectivity index (χ1n) is 7.23. The Balaban J connectivity index is 2.19. The molecule has 0 radical (unpaired) electrons. The second kappa shape index (κ2) is 6.99. The Morgan fingerprint density at radius 3 is 2.57 bits per heavy atom. The topological polar surface area (TPSA) is 35.5 Å². The predicted octanol–water partition coefficient (Wildman–Crippen LogP) is 3.48. The summed E-state index contributed by atoms with van der Waals surface area (Å²) in [6, 6.07) is 7.55. The summed E-state index contributed by atoms with van der Waals surface area (Å²) in [7, 11) is 1.63. The van der Waals surface area contributed by atoms with Crippen molar-refractivity contribution in [3.8, 4) is 17.6 Å². The number of ether oxygens (including phenoxy) is 2. The van der Waals surface area contributed by atoms with Crippen LogP contribution in [0.1, 0.15) is 38.7 Å². The predicted molar refractivity (Wildman–Crippen MR) is 82.0 cm³/mol. The minimum Gasteiger partial charge on any atom is -0.497 e. The van der Waals surface area contributed by atoms with E-state index < -0.39 is 0 Å². The van der Waals surface area contributed by atoms with Crippen molar-refractivity contribution in [3.63, 3.8) is 0 Å². The zero-order chi connectivity index (χ0) is 15.2. The highest BCUT2D eigenvalue weighted by Gasteiger charge is 2.29. The fourth-order valence-electron chi connectivity index (χ4n) is 2.21. The van der Waals surface area contributed by atoms with E-state index in [1.807, 2.05) is 24.3 Å². The molecule has 0 saturated heterocycles. The Morgan fingerprint density at radius 2 is 1.95 bits per heavy atom. The lowest BCUT2D eigenvalue weighted by atomic mass is 10.0. The summed E-state index contributed by atoms with van der Waals surface area (Å²) in [5.41, 5.74) is 2.35. The van der Waals surface area contributed by atoms with Crippen molar-refractivity contribution in [2.75, 3.05) is 7.11 Å². The highest BCUT2D eigenvalue weighted by atomic mass is 16.5. The zero-order valence-electron chi connectivity index (χ0n) is 12.7. The van der Waals surface area contributed by atoms with Gasteiger partial charge in [0, 0.05) is 11.1 Å². The van der Waals surface area contributed by atoms with Crippen molar-refractivity contribution >= 4 is 5.97 Å². The molecule has 1 unspecified atom stereocenters. The van der Waals surface area contributed by atoms with Crippen LogP contribution < -0.4 is 4.74 Å². The second-order valence-corrected chi connectivity index (χ2v) is 5.05. The molecule has 0 N–H and O–H groups in total. The Labute approximate surface area is 126 Å². The Morgan fingerprint density at radius 1 is 1.24 bits per heavy atom. The maximum absolute atomic E-state index is 11.7. The van der Waals surface area contributed by atoms with Gasteiger partial charge in [0.05, 0.1) is 12.7 Å². The number of methoxy groups -OCH3 is 1. The summed E-state index contributed by atoms with van der Waals surface area (Å²) in [4.78, 5) is 11.7. The van der Waals surface area contributed by atoms with E-state index in [2.05, 4.69) is 18.8 Å². The third kappa shape index (κ3) is 3.66. The molecule has 1 aromatic carbocycles. The number of carbonyl (C=O) groups excluding carboxylic acids is 1. The summed E-state index contributed by atoms with van der Waals surface area (Å²) in [6.07, 6.45) is 2.76. The third-order valence-electron chi connectivity index (χ3n) is 3.53.